The van der Waals surface area contributed by atoms with E-state index in [4.69, 9.17) is 5.11 Å². The van der Waals surface area contributed by atoms with Gasteiger partial charge >= 0.3 is 5.97 Å². The minimum Gasteiger partial charge on any atom is -0.481 e. The van der Waals surface area contributed by atoms with Crippen molar-refractivity contribution in [3.63, 3.8) is 0 Å². The molecule has 90 valence electrons. The lowest BCUT2D eigenvalue weighted by Gasteiger charge is -2.15. The normalized spacial score (nSPS) is 23.6. The number of aliphatic carboxylic acids is 1. The number of aryl methyl sites for hydroxylation is 1. The smallest absolute Gasteiger partial charge is 0.307 e. The Bertz CT molecular complexity index is 451. The Kier molecular flexibility index (Phi) is 3.27. The van der Waals surface area contributed by atoms with E-state index >= 15 is 0 Å². The number of carbonyl (C=O) groups is 2. The lowest BCUT2D eigenvalue weighted by atomic mass is 9.87. The molecule has 1 aliphatic rings. The molecule has 1 saturated carbocycles. The van der Waals surface area contributed by atoms with Crippen molar-refractivity contribution in [3.05, 3.63) is 35.4 Å². The van der Waals surface area contributed by atoms with Crippen LogP contribution in [0.1, 0.15) is 35.2 Å². The number of carboxylic acids is 1. The van der Waals surface area contributed by atoms with Crippen LogP contribution in [0, 0.1) is 18.8 Å². The zero-order chi connectivity index (χ0) is 12.4. The zero-order valence-electron chi connectivity index (χ0n) is 9.85. The predicted octanol–water partition coefficient (Wildman–Crippen LogP) is 2.68. The average molecular weight is 232 g/mol. The molecule has 0 radical (unpaired) electrons. The number of Topliss-reactive ketones (excluding diaryl/α,β-unsaturated/α-hetero) is 1. The van der Waals surface area contributed by atoms with Gasteiger partial charge in [0.2, 0.25) is 0 Å². The highest BCUT2D eigenvalue weighted by Crippen LogP contribution is 2.34. The molecule has 3 nitrogen and oxygen atoms in total. The van der Waals surface area contributed by atoms with E-state index in [1.54, 1.807) is 6.07 Å². The third-order valence-corrected chi connectivity index (χ3v) is 3.58. The van der Waals surface area contributed by atoms with Gasteiger partial charge in [-0.15, -0.1) is 0 Å². The molecule has 2 rings (SSSR count). The van der Waals surface area contributed by atoms with Crippen LogP contribution in [0.4, 0.5) is 0 Å². The summed E-state index contributed by atoms with van der Waals surface area (Å²) in [6.07, 6.45) is 2.15. The molecule has 3 heteroatoms. The summed E-state index contributed by atoms with van der Waals surface area (Å²) >= 11 is 0. The van der Waals surface area contributed by atoms with Gasteiger partial charge in [0.25, 0.3) is 0 Å². The molecule has 0 aliphatic heterocycles. The lowest BCUT2D eigenvalue weighted by molar-refractivity contribution is -0.142. The van der Waals surface area contributed by atoms with Crippen LogP contribution in [0.25, 0.3) is 0 Å². The van der Waals surface area contributed by atoms with Gasteiger partial charge in [-0.25, -0.2) is 0 Å². The fourth-order valence-corrected chi connectivity index (χ4v) is 2.62. The molecule has 0 saturated heterocycles. The molecule has 2 atom stereocenters. The van der Waals surface area contributed by atoms with E-state index in [1.165, 1.54) is 0 Å². The van der Waals surface area contributed by atoms with Gasteiger partial charge in [0, 0.05) is 11.5 Å². The van der Waals surface area contributed by atoms with Crippen molar-refractivity contribution in [1.29, 1.82) is 0 Å². The highest BCUT2D eigenvalue weighted by atomic mass is 16.4. The van der Waals surface area contributed by atoms with Gasteiger partial charge in [-0.1, -0.05) is 30.7 Å². The van der Waals surface area contributed by atoms with Crippen molar-refractivity contribution in [2.75, 3.05) is 0 Å². The molecule has 1 aromatic carbocycles. The van der Waals surface area contributed by atoms with E-state index in [9.17, 15) is 9.59 Å². The van der Waals surface area contributed by atoms with Crippen LogP contribution in [-0.2, 0) is 4.79 Å². The number of ketones is 1. The van der Waals surface area contributed by atoms with Crippen molar-refractivity contribution >= 4 is 11.8 Å². The zero-order valence-corrected chi connectivity index (χ0v) is 9.85. The van der Waals surface area contributed by atoms with E-state index in [2.05, 4.69) is 0 Å². The first-order chi connectivity index (χ1) is 8.11. The van der Waals surface area contributed by atoms with Gasteiger partial charge in [0.1, 0.15) is 0 Å². The first-order valence-electron chi connectivity index (χ1n) is 5.94. The molecule has 0 unspecified atom stereocenters. The third-order valence-electron chi connectivity index (χ3n) is 3.58. The van der Waals surface area contributed by atoms with Gasteiger partial charge < -0.3 is 5.11 Å². The quantitative estimate of drug-likeness (QED) is 0.815. The summed E-state index contributed by atoms with van der Waals surface area (Å²) in [6, 6.07) is 7.38. The van der Waals surface area contributed by atoms with Gasteiger partial charge in [0.05, 0.1) is 5.92 Å². The number of carbonyl (C=O) groups excluding carboxylic acids is 1. The minimum absolute atomic E-state index is 0.00648. The number of hydrogen-bond donors (Lipinski definition) is 1. The Balaban J connectivity index is 2.26. The summed E-state index contributed by atoms with van der Waals surface area (Å²) < 4.78 is 0. The second-order valence-corrected chi connectivity index (χ2v) is 4.66. The average Bonchev–Trinajstić information content (AvgIpc) is 2.77. The Hall–Kier alpha value is -1.64. The molecule has 1 fully saturated rings. The molecule has 0 amide bonds. The second-order valence-electron chi connectivity index (χ2n) is 4.66. The third kappa shape index (κ3) is 2.23. The summed E-state index contributed by atoms with van der Waals surface area (Å²) in [7, 11) is 0. The molecule has 17 heavy (non-hydrogen) atoms. The molecule has 1 aliphatic carbocycles. The Labute approximate surface area is 100 Å². The predicted molar refractivity (Wildman–Crippen MR) is 64.0 cm³/mol. The largest absolute Gasteiger partial charge is 0.481 e. The first-order valence-corrected chi connectivity index (χ1v) is 5.94. The van der Waals surface area contributed by atoms with Crippen molar-refractivity contribution in [2.24, 2.45) is 11.8 Å². The van der Waals surface area contributed by atoms with E-state index in [0.29, 0.717) is 18.4 Å². The fourth-order valence-electron chi connectivity index (χ4n) is 2.62. The maximum absolute atomic E-state index is 12.3. The molecule has 0 aromatic heterocycles. The SMILES string of the molecule is Cc1ccccc1C(=O)[C@@H]1CCC[C@H]1C(=O)O. The van der Waals surface area contributed by atoms with Crippen LogP contribution in [0.15, 0.2) is 24.3 Å². The van der Waals surface area contributed by atoms with E-state index < -0.39 is 11.9 Å². The molecule has 0 heterocycles. The topological polar surface area (TPSA) is 54.4 Å². The number of carboxylic acid groups (broad SMARTS) is 1. The Morgan fingerprint density at radius 3 is 2.47 bits per heavy atom. The van der Waals surface area contributed by atoms with E-state index in [0.717, 1.165) is 12.0 Å². The highest BCUT2D eigenvalue weighted by Gasteiger charge is 2.38. The van der Waals surface area contributed by atoms with Crippen LogP contribution in [0.2, 0.25) is 0 Å². The maximum atomic E-state index is 12.3. The van der Waals surface area contributed by atoms with Gasteiger partial charge in [-0.2, -0.15) is 0 Å². The number of rotatable bonds is 3. The number of benzene rings is 1. The fraction of sp³-hybridized carbons (Fsp3) is 0.429. The summed E-state index contributed by atoms with van der Waals surface area (Å²) in [6.45, 7) is 1.89. The lowest BCUT2D eigenvalue weighted by Crippen LogP contribution is -2.25. The summed E-state index contributed by atoms with van der Waals surface area (Å²) in [5.74, 6) is -1.68. The minimum atomic E-state index is -0.838. The molecular weight excluding hydrogens is 216 g/mol. The van der Waals surface area contributed by atoms with Crippen molar-refractivity contribution in [3.8, 4) is 0 Å². The Morgan fingerprint density at radius 2 is 1.82 bits per heavy atom. The van der Waals surface area contributed by atoms with Crippen LogP contribution in [-0.4, -0.2) is 16.9 Å². The molecule has 1 N–H and O–H groups in total. The summed E-state index contributed by atoms with van der Waals surface area (Å²) in [5.41, 5.74) is 1.60. The highest BCUT2D eigenvalue weighted by molar-refractivity contribution is 6.01. The summed E-state index contributed by atoms with van der Waals surface area (Å²) in [5, 5.41) is 9.10. The van der Waals surface area contributed by atoms with Crippen LogP contribution in [0.5, 0.6) is 0 Å². The summed E-state index contributed by atoms with van der Waals surface area (Å²) in [4.78, 5) is 23.4. The van der Waals surface area contributed by atoms with Crippen molar-refractivity contribution in [2.45, 2.75) is 26.2 Å². The first kappa shape index (κ1) is 11.8. The van der Waals surface area contributed by atoms with E-state index in [-0.39, 0.29) is 11.7 Å². The van der Waals surface area contributed by atoms with Gasteiger partial charge in [-0.05, 0) is 25.3 Å². The maximum Gasteiger partial charge on any atom is 0.307 e. The molecule has 0 spiro atoms. The molecule has 0 bridgehead atoms. The van der Waals surface area contributed by atoms with Crippen molar-refractivity contribution in [1.82, 2.24) is 0 Å². The van der Waals surface area contributed by atoms with Crippen LogP contribution in [0.3, 0.4) is 0 Å². The Morgan fingerprint density at radius 1 is 1.18 bits per heavy atom. The van der Waals surface area contributed by atoms with E-state index in [1.807, 2.05) is 25.1 Å². The number of hydrogen-bond acceptors (Lipinski definition) is 2. The van der Waals surface area contributed by atoms with Crippen molar-refractivity contribution < 1.29 is 14.7 Å². The van der Waals surface area contributed by atoms with Crippen LogP contribution < -0.4 is 0 Å². The molecule has 1 aromatic rings. The standard InChI is InChI=1S/C14H16O3/c1-9-5-2-3-6-10(9)13(15)11-7-4-8-12(11)14(16)17/h2-3,5-6,11-12H,4,7-8H2,1H3,(H,16,17)/t11-,12-/m1/s1. The molecular formula is C14H16O3. The monoisotopic (exact) mass is 232 g/mol. The van der Waals surface area contributed by atoms with Crippen LogP contribution >= 0.6 is 0 Å². The van der Waals surface area contributed by atoms with Gasteiger partial charge in [0.15, 0.2) is 5.78 Å². The van der Waals surface area contributed by atoms with Gasteiger partial charge in [-0.3, -0.25) is 9.59 Å². The second kappa shape index (κ2) is 4.70.